The molecule has 0 amide bonds. The molecule has 0 spiro atoms. The number of hydrogen-bond donors (Lipinski definition) is 1. The predicted molar refractivity (Wildman–Crippen MR) is 69.1 cm³/mol. The quantitative estimate of drug-likeness (QED) is 0.760. The molecule has 1 heterocycles. The number of hydrogen-bond acceptors (Lipinski definition) is 4. The number of nitrogens with zero attached hydrogens (tertiary/aromatic N) is 1. The topological polar surface area (TPSA) is 47.3 Å². The summed E-state index contributed by atoms with van der Waals surface area (Å²) in [4.78, 5) is 0. The monoisotopic (exact) mass is 246 g/mol. The van der Waals surface area contributed by atoms with Crippen LogP contribution in [0.25, 0.3) is 0 Å². The van der Waals surface area contributed by atoms with Gasteiger partial charge in [0.05, 0.1) is 12.3 Å². The fraction of sp³-hybridized carbons (Fsp3) is 0.357. The first-order valence-corrected chi connectivity index (χ1v) is 6.09. The summed E-state index contributed by atoms with van der Waals surface area (Å²) < 4.78 is 10.7. The molecular weight excluding hydrogens is 228 g/mol. The lowest BCUT2D eigenvalue weighted by molar-refractivity contribution is 0.104. The zero-order valence-electron chi connectivity index (χ0n) is 10.6. The third-order valence-electron chi connectivity index (χ3n) is 2.59. The van der Waals surface area contributed by atoms with Gasteiger partial charge in [-0.05, 0) is 19.0 Å². The van der Waals surface area contributed by atoms with Crippen LogP contribution in [0.15, 0.2) is 40.9 Å². The van der Waals surface area contributed by atoms with Crippen molar-refractivity contribution in [3.63, 3.8) is 0 Å². The maximum Gasteiger partial charge on any atom is 0.162 e. The van der Waals surface area contributed by atoms with Crippen LogP contribution in [0.2, 0.25) is 0 Å². The van der Waals surface area contributed by atoms with Crippen molar-refractivity contribution in [3.8, 4) is 0 Å². The van der Waals surface area contributed by atoms with Crippen molar-refractivity contribution in [1.29, 1.82) is 0 Å². The maximum atomic E-state index is 5.56. The molecule has 0 aliphatic rings. The summed E-state index contributed by atoms with van der Waals surface area (Å²) in [5.41, 5.74) is 2.19. The van der Waals surface area contributed by atoms with Gasteiger partial charge in [-0.15, -0.1) is 0 Å². The van der Waals surface area contributed by atoms with Crippen molar-refractivity contribution >= 4 is 0 Å². The maximum absolute atomic E-state index is 5.56. The van der Waals surface area contributed by atoms with Gasteiger partial charge in [0.1, 0.15) is 6.61 Å². The van der Waals surface area contributed by atoms with E-state index in [0.717, 1.165) is 17.9 Å². The normalized spacial score (nSPS) is 10.7. The number of rotatable bonds is 7. The van der Waals surface area contributed by atoms with E-state index in [9.17, 15) is 0 Å². The lowest BCUT2D eigenvalue weighted by atomic mass is 10.2. The summed E-state index contributed by atoms with van der Waals surface area (Å²) in [6, 6.07) is 12.2. The molecule has 0 unspecified atom stereocenters. The molecule has 0 saturated carbocycles. The zero-order chi connectivity index (χ0) is 12.6. The van der Waals surface area contributed by atoms with Gasteiger partial charge in [0.15, 0.2) is 5.76 Å². The molecule has 4 nitrogen and oxygen atoms in total. The Kier molecular flexibility index (Phi) is 4.93. The molecule has 0 bridgehead atoms. The van der Waals surface area contributed by atoms with Crippen molar-refractivity contribution in [3.05, 3.63) is 53.4 Å². The molecule has 4 heteroatoms. The number of ether oxygens (including phenoxy) is 1. The van der Waals surface area contributed by atoms with E-state index in [0.29, 0.717) is 19.8 Å². The van der Waals surface area contributed by atoms with Crippen LogP contribution in [-0.4, -0.2) is 18.8 Å². The van der Waals surface area contributed by atoms with Gasteiger partial charge in [0.25, 0.3) is 0 Å². The van der Waals surface area contributed by atoms with Crippen LogP contribution in [-0.2, 0) is 24.3 Å². The Morgan fingerprint density at radius 1 is 1.28 bits per heavy atom. The van der Waals surface area contributed by atoms with Gasteiger partial charge in [-0.1, -0.05) is 35.5 Å². The highest BCUT2D eigenvalue weighted by molar-refractivity contribution is 5.14. The summed E-state index contributed by atoms with van der Waals surface area (Å²) >= 11 is 0. The summed E-state index contributed by atoms with van der Waals surface area (Å²) in [6.07, 6.45) is 0.915. The van der Waals surface area contributed by atoms with E-state index in [1.54, 1.807) is 0 Å². The Morgan fingerprint density at radius 2 is 2.11 bits per heavy atom. The second kappa shape index (κ2) is 6.93. The van der Waals surface area contributed by atoms with Gasteiger partial charge in [0, 0.05) is 12.6 Å². The molecule has 0 radical (unpaired) electrons. The van der Waals surface area contributed by atoms with E-state index >= 15 is 0 Å². The van der Waals surface area contributed by atoms with Crippen LogP contribution in [0.3, 0.4) is 0 Å². The molecular formula is C14H18N2O2. The average Bonchev–Trinajstić information content (AvgIpc) is 2.84. The molecule has 0 fully saturated rings. The fourth-order valence-electron chi connectivity index (χ4n) is 1.70. The Bertz CT molecular complexity index is 454. The Labute approximate surface area is 107 Å². The molecule has 0 aliphatic heterocycles. The van der Waals surface area contributed by atoms with Crippen LogP contribution in [0, 0.1) is 0 Å². The SMILES string of the molecule is CNCc1cc(COCCc2ccccc2)on1. The summed E-state index contributed by atoms with van der Waals surface area (Å²) in [7, 11) is 1.88. The van der Waals surface area contributed by atoms with Gasteiger partial charge >= 0.3 is 0 Å². The number of nitrogens with one attached hydrogen (secondary N) is 1. The van der Waals surface area contributed by atoms with Gasteiger partial charge in [-0.2, -0.15) is 0 Å². The first kappa shape index (κ1) is 12.8. The minimum Gasteiger partial charge on any atom is -0.373 e. The van der Waals surface area contributed by atoms with Crippen molar-refractivity contribution < 1.29 is 9.26 Å². The number of aromatic nitrogens is 1. The van der Waals surface area contributed by atoms with E-state index in [1.807, 2.05) is 31.3 Å². The predicted octanol–water partition coefficient (Wildman–Crippen LogP) is 2.15. The second-order valence-corrected chi connectivity index (χ2v) is 4.10. The summed E-state index contributed by atoms with van der Waals surface area (Å²) in [5, 5.41) is 6.95. The Balaban J connectivity index is 1.68. The Morgan fingerprint density at radius 3 is 2.89 bits per heavy atom. The lowest BCUT2D eigenvalue weighted by Crippen LogP contribution is -2.04. The Hall–Kier alpha value is -1.65. The van der Waals surface area contributed by atoms with Crippen molar-refractivity contribution in [2.75, 3.05) is 13.7 Å². The van der Waals surface area contributed by atoms with Crippen molar-refractivity contribution in [2.45, 2.75) is 19.6 Å². The summed E-state index contributed by atoms with van der Waals surface area (Å²) in [6.45, 7) is 1.88. The molecule has 1 N–H and O–H groups in total. The van der Waals surface area contributed by atoms with Crippen LogP contribution in [0.1, 0.15) is 17.0 Å². The molecule has 2 aromatic rings. The van der Waals surface area contributed by atoms with Crippen LogP contribution < -0.4 is 5.32 Å². The van der Waals surface area contributed by atoms with Crippen LogP contribution in [0.5, 0.6) is 0 Å². The molecule has 18 heavy (non-hydrogen) atoms. The molecule has 0 saturated heterocycles. The van der Waals surface area contributed by atoms with Crippen LogP contribution >= 0.6 is 0 Å². The molecule has 1 aromatic carbocycles. The average molecular weight is 246 g/mol. The van der Waals surface area contributed by atoms with E-state index < -0.39 is 0 Å². The highest BCUT2D eigenvalue weighted by atomic mass is 16.5. The smallest absolute Gasteiger partial charge is 0.162 e. The van der Waals surface area contributed by atoms with Crippen molar-refractivity contribution in [1.82, 2.24) is 10.5 Å². The standard InChI is InChI=1S/C14H18N2O2/c1-15-10-13-9-14(18-16-13)11-17-8-7-12-5-3-2-4-6-12/h2-6,9,15H,7-8,10-11H2,1H3. The largest absolute Gasteiger partial charge is 0.373 e. The van der Waals surface area contributed by atoms with E-state index in [2.05, 4.69) is 22.6 Å². The van der Waals surface area contributed by atoms with E-state index in [1.165, 1.54) is 5.56 Å². The van der Waals surface area contributed by atoms with Gasteiger partial charge in [-0.25, -0.2) is 0 Å². The van der Waals surface area contributed by atoms with Crippen molar-refractivity contribution in [2.24, 2.45) is 0 Å². The van der Waals surface area contributed by atoms with Crippen LogP contribution in [0.4, 0.5) is 0 Å². The van der Waals surface area contributed by atoms with Gasteiger partial charge < -0.3 is 14.6 Å². The number of benzene rings is 1. The first-order chi connectivity index (χ1) is 8.88. The fourth-order valence-corrected chi connectivity index (χ4v) is 1.70. The summed E-state index contributed by atoms with van der Waals surface area (Å²) in [5.74, 6) is 0.772. The van der Waals surface area contributed by atoms with E-state index in [-0.39, 0.29) is 0 Å². The molecule has 96 valence electrons. The zero-order valence-corrected chi connectivity index (χ0v) is 10.6. The first-order valence-electron chi connectivity index (χ1n) is 6.09. The molecule has 0 atom stereocenters. The van der Waals surface area contributed by atoms with Gasteiger partial charge in [0.2, 0.25) is 0 Å². The minimum absolute atomic E-state index is 0.476. The van der Waals surface area contributed by atoms with E-state index in [4.69, 9.17) is 9.26 Å². The molecule has 2 rings (SSSR count). The molecule has 0 aliphatic carbocycles. The minimum atomic E-state index is 0.476. The highest BCUT2D eigenvalue weighted by Gasteiger charge is 2.03. The molecule has 1 aromatic heterocycles. The lowest BCUT2D eigenvalue weighted by Gasteiger charge is -2.01. The third kappa shape index (κ3) is 3.98. The highest BCUT2D eigenvalue weighted by Crippen LogP contribution is 2.06. The van der Waals surface area contributed by atoms with Gasteiger partial charge in [-0.3, -0.25) is 0 Å². The second-order valence-electron chi connectivity index (χ2n) is 4.10. The third-order valence-corrected chi connectivity index (χ3v) is 2.59.